The molecule has 2 heterocycles. The van der Waals surface area contributed by atoms with Gasteiger partial charge >= 0.3 is 0 Å². The van der Waals surface area contributed by atoms with Crippen LogP contribution in [-0.4, -0.2) is 35.5 Å². The van der Waals surface area contributed by atoms with Crippen LogP contribution in [0.5, 0.6) is 5.75 Å². The molecule has 1 fully saturated rings. The second-order valence-corrected chi connectivity index (χ2v) is 7.05. The highest BCUT2D eigenvalue weighted by Crippen LogP contribution is 2.33. The predicted octanol–water partition coefficient (Wildman–Crippen LogP) is 4.08. The van der Waals surface area contributed by atoms with Gasteiger partial charge in [0, 0.05) is 18.0 Å². The summed E-state index contributed by atoms with van der Waals surface area (Å²) in [4.78, 5) is 19.4. The first-order valence-electron chi connectivity index (χ1n) is 8.01. The zero-order chi connectivity index (χ0) is 16.4. The van der Waals surface area contributed by atoms with E-state index in [1.807, 2.05) is 34.5 Å². The van der Waals surface area contributed by atoms with Crippen molar-refractivity contribution in [2.45, 2.75) is 32.7 Å². The Balaban J connectivity index is 1.86. The molecule has 1 amide bonds. The van der Waals surface area contributed by atoms with E-state index >= 15 is 0 Å². The summed E-state index contributed by atoms with van der Waals surface area (Å²) in [6.45, 7) is 5.19. The van der Waals surface area contributed by atoms with E-state index < -0.39 is 0 Å². The number of carbonyl (C=O) groups excluding carboxylic acids is 1. The lowest BCUT2D eigenvalue weighted by atomic mass is 10.0. The van der Waals surface area contributed by atoms with Crippen LogP contribution in [0.1, 0.15) is 37.2 Å². The van der Waals surface area contributed by atoms with Gasteiger partial charge in [-0.1, -0.05) is 26.0 Å². The summed E-state index contributed by atoms with van der Waals surface area (Å²) in [7, 11) is 1.65. The third kappa shape index (κ3) is 3.11. The van der Waals surface area contributed by atoms with Crippen molar-refractivity contribution in [1.82, 2.24) is 9.88 Å². The number of carbonyl (C=O) groups is 1. The zero-order valence-corrected chi connectivity index (χ0v) is 14.6. The summed E-state index contributed by atoms with van der Waals surface area (Å²) in [6.07, 6.45) is 2.17. The van der Waals surface area contributed by atoms with E-state index in [4.69, 9.17) is 4.74 Å². The molecule has 4 nitrogen and oxygen atoms in total. The molecule has 23 heavy (non-hydrogen) atoms. The number of aromatic nitrogens is 1. The first-order chi connectivity index (χ1) is 11.1. The summed E-state index contributed by atoms with van der Waals surface area (Å²) < 4.78 is 5.39. The van der Waals surface area contributed by atoms with Crippen molar-refractivity contribution in [3.8, 4) is 16.3 Å². The number of benzene rings is 1. The lowest BCUT2D eigenvalue weighted by Gasteiger charge is -2.27. The molecule has 0 radical (unpaired) electrons. The molecule has 1 aliphatic rings. The molecule has 0 bridgehead atoms. The van der Waals surface area contributed by atoms with Crippen molar-refractivity contribution in [2.75, 3.05) is 13.7 Å². The Labute approximate surface area is 141 Å². The van der Waals surface area contributed by atoms with Gasteiger partial charge in [0.2, 0.25) is 0 Å². The number of nitrogens with zero attached hydrogens (tertiary/aromatic N) is 2. The number of ether oxygens (including phenoxy) is 1. The Hall–Kier alpha value is -1.88. The molecule has 122 valence electrons. The summed E-state index contributed by atoms with van der Waals surface area (Å²) in [5, 5.41) is 2.69. The predicted molar refractivity (Wildman–Crippen MR) is 93.0 cm³/mol. The highest BCUT2D eigenvalue weighted by molar-refractivity contribution is 7.13. The molecule has 0 spiro atoms. The van der Waals surface area contributed by atoms with Crippen molar-refractivity contribution in [1.29, 1.82) is 0 Å². The summed E-state index contributed by atoms with van der Waals surface area (Å²) >= 11 is 1.49. The fourth-order valence-electron chi connectivity index (χ4n) is 3.20. The Morgan fingerprint density at radius 2 is 2.17 bits per heavy atom. The summed E-state index contributed by atoms with van der Waals surface area (Å²) in [5.41, 5.74) is 1.48. The van der Waals surface area contributed by atoms with Gasteiger partial charge in [-0.15, -0.1) is 11.3 Å². The van der Waals surface area contributed by atoms with Gasteiger partial charge in [0.25, 0.3) is 5.91 Å². The van der Waals surface area contributed by atoms with E-state index in [0.29, 0.717) is 17.7 Å². The number of methoxy groups -OCH3 is 1. The van der Waals surface area contributed by atoms with Crippen LogP contribution in [0.15, 0.2) is 29.6 Å². The Morgan fingerprint density at radius 1 is 1.39 bits per heavy atom. The number of hydrogen-bond acceptors (Lipinski definition) is 4. The molecule has 0 unspecified atom stereocenters. The van der Waals surface area contributed by atoms with Crippen LogP contribution >= 0.6 is 11.3 Å². The quantitative estimate of drug-likeness (QED) is 0.848. The number of para-hydroxylation sites is 1. The van der Waals surface area contributed by atoms with Gasteiger partial charge in [-0.3, -0.25) is 4.79 Å². The second kappa shape index (κ2) is 6.71. The molecule has 0 saturated carbocycles. The van der Waals surface area contributed by atoms with Gasteiger partial charge < -0.3 is 9.64 Å². The van der Waals surface area contributed by atoms with Crippen LogP contribution < -0.4 is 4.74 Å². The van der Waals surface area contributed by atoms with Crippen LogP contribution in [-0.2, 0) is 0 Å². The fourth-order valence-corrected chi connectivity index (χ4v) is 4.03. The standard InChI is InChI=1S/C18H22N2O2S/c1-12(2)15-8-6-10-20(15)18(21)14-11-23-17(19-14)13-7-4-5-9-16(13)22-3/h4-5,7,9,11-12,15H,6,8,10H2,1-3H3/t15-/m1/s1. The van der Waals surface area contributed by atoms with E-state index in [2.05, 4.69) is 18.8 Å². The molecule has 1 aromatic carbocycles. The maximum atomic E-state index is 12.8. The van der Waals surface area contributed by atoms with Crippen LogP contribution in [0, 0.1) is 5.92 Å². The number of likely N-dealkylation sites (tertiary alicyclic amines) is 1. The first-order valence-corrected chi connectivity index (χ1v) is 8.89. The van der Waals surface area contributed by atoms with Crippen molar-refractivity contribution in [2.24, 2.45) is 5.92 Å². The van der Waals surface area contributed by atoms with Crippen LogP contribution in [0.25, 0.3) is 10.6 Å². The van der Waals surface area contributed by atoms with Gasteiger partial charge in [-0.2, -0.15) is 0 Å². The van der Waals surface area contributed by atoms with Crippen LogP contribution in [0.4, 0.5) is 0 Å². The van der Waals surface area contributed by atoms with Crippen LogP contribution in [0.2, 0.25) is 0 Å². The van der Waals surface area contributed by atoms with Gasteiger partial charge in [0.1, 0.15) is 16.5 Å². The average Bonchev–Trinajstić information content (AvgIpc) is 3.23. The third-order valence-electron chi connectivity index (χ3n) is 4.39. The number of rotatable bonds is 4. The molecular formula is C18H22N2O2S. The van der Waals surface area contributed by atoms with Crippen molar-refractivity contribution >= 4 is 17.2 Å². The fraction of sp³-hybridized carbons (Fsp3) is 0.444. The number of amides is 1. The molecule has 0 N–H and O–H groups in total. The van der Waals surface area contributed by atoms with E-state index in [0.717, 1.165) is 35.7 Å². The summed E-state index contributed by atoms with van der Waals surface area (Å²) in [6, 6.07) is 8.10. The Kier molecular flexibility index (Phi) is 4.66. The average molecular weight is 330 g/mol. The monoisotopic (exact) mass is 330 g/mol. The smallest absolute Gasteiger partial charge is 0.273 e. The topological polar surface area (TPSA) is 42.4 Å². The molecule has 1 saturated heterocycles. The van der Waals surface area contributed by atoms with Gasteiger partial charge in [0.05, 0.1) is 12.7 Å². The van der Waals surface area contributed by atoms with E-state index in [1.165, 1.54) is 11.3 Å². The lowest BCUT2D eigenvalue weighted by Crippen LogP contribution is -2.38. The van der Waals surface area contributed by atoms with Gasteiger partial charge in [-0.25, -0.2) is 4.98 Å². The Morgan fingerprint density at radius 3 is 2.91 bits per heavy atom. The molecule has 1 atom stereocenters. The van der Waals surface area contributed by atoms with Crippen molar-refractivity contribution in [3.05, 3.63) is 35.3 Å². The highest BCUT2D eigenvalue weighted by atomic mass is 32.1. The SMILES string of the molecule is COc1ccccc1-c1nc(C(=O)N2CCC[C@@H]2C(C)C)cs1. The molecule has 0 aliphatic carbocycles. The highest BCUT2D eigenvalue weighted by Gasteiger charge is 2.32. The largest absolute Gasteiger partial charge is 0.496 e. The van der Waals surface area contributed by atoms with Gasteiger partial charge in [0.15, 0.2) is 0 Å². The minimum Gasteiger partial charge on any atom is -0.496 e. The maximum Gasteiger partial charge on any atom is 0.273 e. The normalized spacial score (nSPS) is 17.7. The number of hydrogen-bond donors (Lipinski definition) is 0. The second-order valence-electron chi connectivity index (χ2n) is 6.19. The lowest BCUT2D eigenvalue weighted by molar-refractivity contribution is 0.0696. The molecule has 3 rings (SSSR count). The molecular weight excluding hydrogens is 308 g/mol. The third-order valence-corrected chi connectivity index (χ3v) is 5.27. The minimum absolute atomic E-state index is 0.0543. The number of thiazole rings is 1. The maximum absolute atomic E-state index is 12.8. The van der Waals surface area contributed by atoms with E-state index in [9.17, 15) is 4.79 Å². The van der Waals surface area contributed by atoms with Gasteiger partial charge in [-0.05, 0) is 30.9 Å². The van der Waals surface area contributed by atoms with Crippen molar-refractivity contribution < 1.29 is 9.53 Å². The zero-order valence-electron chi connectivity index (χ0n) is 13.8. The van der Waals surface area contributed by atoms with Crippen molar-refractivity contribution in [3.63, 3.8) is 0 Å². The first kappa shape index (κ1) is 16.0. The molecule has 5 heteroatoms. The van der Waals surface area contributed by atoms with Crippen LogP contribution in [0.3, 0.4) is 0 Å². The molecule has 1 aliphatic heterocycles. The summed E-state index contributed by atoms with van der Waals surface area (Å²) in [5.74, 6) is 1.31. The molecule has 2 aromatic rings. The molecule has 1 aromatic heterocycles. The minimum atomic E-state index is 0.0543. The Bertz CT molecular complexity index is 696. The van der Waals surface area contributed by atoms with E-state index in [1.54, 1.807) is 7.11 Å². The van der Waals surface area contributed by atoms with E-state index in [-0.39, 0.29) is 5.91 Å².